The number of oxazole rings is 1. The van der Waals surface area contributed by atoms with Gasteiger partial charge in [-0.2, -0.15) is 18.3 Å². The molecule has 1 aliphatic heterocycles. The molecule has 5 rings (SSSR count). The lowest BCUT2D eigenvalue weighted by molar-refractivity contribution is -0.137. The maximum Gasteiger partial charge on any atom is 0.417 e. The van der Waals surface area contributed by atoms with E-state index in [9.17, 15) is 18.0 Å². The van der Waals surface area contributed by atoms with Crippen LogP contribution in [-0.4, -0.2) is 50.7 Å². The van der Waals surface area contributed by atoms with E-state index in [2.05, 4.69) is 25.1 Å². The first-order chi connectivity index (χ1) is 15.8. The highest BCUT2D eigenvalue weighted by molar-refractivity contribution is 5.79. The van der Waals surface area contributed by atoms with Crippen molar-refractivity contribution in [2.24, 2.45) is 0 Å². The number of rotatable bonds is 4. The molecule has 0 aliphatic carbocycles. The van der Waals surface area contributed by atoms with Gasteiger partial charge in [-0.05, 0) is 31.2 Å². The number of aromatic amines is 2. The number of fused-ring (bicyclic) bond motifs is 1. The molecule has 172 valence electrons. The topological polar surface area (TPSA) is 94.0 Å². The van der Waals surface area contributed by atoms with Gasteiger partial charge < -0.3 is 9.32 Å². The van der Waals surface area contributed by atoms with Crippen LogP contribution in [0.3, 0.4) is 0 Å². The van der Waals surface area contributed by atoms with E-state index < -0.39 is 17.5 Å². The molecule has 1 atom stereocenters. The Balaban J connectivity index is 1.28. The molecule has 0 bridgehead atoms. The number of H-pyrrole nitrogens is 2. The van der Waals surface area contributed by atoms with Crippen LogP contribution in [0.2, 0.25) is 0 Å². The number of nitrogens with zero attached hydrogens (tertiary/aromatic N) is 4. The van der Waals surface area contributed by atoms with Crippen molar-refractivity contribution in [3.8, 4) is 11.3 Å². The molecule has 1 aliphatic rings. The number of nitrogens with one attached hydrogen (secondary N) is 2. The highest BCUT2D eigenvalue weighted by atomic mass is 19.4. The third-order valence-corrected chi connectivity index (χ3v) is 5.89. The van der Waals surface area contributed by atoms with Gasteiger partial charge in [0.1, 0.15) is 5.82 Å². The van der Waals surface area contributed by atoms with Crippen molar-refractivity contribution in [1.29, 1.82) is 0 Å². The fourth-order valence-corrected chi connectivity index (χ4v) is 4.26. The Bertz CT molecular complexity index is 1320. The average molecular weight is 458 g/mol. The molecule has 0 amide bonds. The largest absolute Gasteiger partial charge is 0.417 e. The van der Waals surface area contributed by atoms with Gasteiger partial charge in [0.15, 0.2) is 5.58 Å². The molecule has 0 unspecified atom stereocenters. The number of aromatic nitrogens is 4. The van der Waals surface area contributed by atoms with E-state index in [0.717, 1.165) is 42.2 Å². The first kappa shape index (κ1) is 21.3. The summed E-state index contributed by atoms with van der Waals surface area (Å²) in [6.07, 6.45) is -1.66. The van der Waals surface area contributed by atoms with E-state index in [0.29, 0.717) is 30.0 Å². The standard InChI is InChI=1S/C22H21F3N6O2/c1-13-11-30(6-7-31(13)19-5-3-16(10-26-19)22(23,24)25)12-15-9-27-29-20(15)14-2-4-17-18(8-14)33-21(32)28-17/h2-5,8-10,13H,6-7,11-12H2,1H3,(H,27,29)(H,28,32)/t13-/m1/s1. The third kappa shape index (κ3) is 4.23. The summed E-state index contributed by atoms with van der Waals surface area (Å²) in [5.74, 6) is 0.0410. The molecule has 8 nitrogen and oxygen atoms in total. The van der Waals surface area contributed by atoms with Crippen molar-refractivity contribution in [3.05, 3.63) is 64.4 Å². The van der Waals surface area contributed by atoms with Crippen molar-refractivity contribution < 1.29 is 17.6 Å². The van der Waals surface area contributed by atoms with E-state index >= 15 is 0 Å². The van der Waals surface area contributed by atoms with E-state index in [4.69, 9.17) is 4.42 Å². The molecule has 11 heteroatoms. The minimum atomic E-state index is -4.39. The summed E-state index contributed by atoms with van der Waals surface area (Å²) in [5, 5.41) is 7.29. The van der Waals surface area contributed by atoms with E-state index in [1.807, 2.05) is 24.1 Å². The Kier molecular flexibility index (Phi) is 5.20. The summed E-state index contributed by atoms with van der Waals surface area (Å²) in [6, 6.07) is 8.02. The van der Waals surface area contributed by atoms with Crippen LogP contribution >= 0.6 is 0 Å². The molecule has 4 heterocycles. The number of piperazine rings is 1. The molecule has 1 fully saturated rings. The highest BCUT2D eigenvalue weighted by Gasteiger charge is 2.32. The lowest BCUT2D eigenvalue weighted by Gasteiger charge is -2.40. The number of hydrogen-bond donors (Lipinski definition) is 2. The molecule has 1 aromatic carbocycles. The lowest BCUT2D eigenvalue weighted by atomic mass is 10.1. The predicted octanol–water partition coefficient (Wildman–Crippen LogP) is 3.64. The van der Waals surface area contributed by atoms with E-state index in [1.54, 1.807) is 12.1 Å². The molecule has 2 N–H and O–H groups in total. The SMILES string of the molecule is C[C@@H]1CN(Cc2c[nH]nc2-c2ccc3[nH]c(=O)oc3c2)CCN1c1ccc(C(F)(F)F)cn1. The minimum absolute atomic E-state index is 0.0730. The number of anilines is 1. The zero-order valence-electron chi connectivity index (χ0n) is 17.7. The normalized spacial score (nSPS) is 17.7. The first-order valence-electron chi connectivity index (χ1n) is 10.5. The van der Waals surface area contributed by atoms with E-state index in [-0.39, 0.29) is 6.04 Å². The summed E-state index contributed by atoms with van der Waals surface area (Å²) in [4.78, 5) is 22.4. The number of hydrogen-bond acceptors (Lipinski definition) is 6. The summed E-state index contributed by atoms with van der Waals surface area (Å²) in [6.45, 7) is 4.78. The summed E-state index contributed by atoms with van der Waals surface area (Å²) in [7, 11) is 0. The molecule has 4 aromatic rings. The number of halogens is 3. The Hall–Kier alpha value is -3.60. The van der Waals surface area contributed by atoms with Crippen molar-refractivity contribution in [1.82, 2.24) is 25.1 Å². The zero-order valence-corrected chi connectivity index (χ0v) is 17.7. The second kappa shape index (κ2) is 8.07. The predicted molar refractivity (Wildman–Crippen MR) is 116 cm³/mol. The Morgan fingerprint density at radius 2 is 2.06 bits per heavy atom. The van der Waals surface area contributed by atoms with Gasteiger partial charge in [-0.15, -0.1) is 0 Å². The summed E-state index contributed by atoms with van der Waals surface area (Å²) < 4.78 is 43.6. The fraction of sp³-hybridized carbons (Fsp3) is 0.318. The number of pyridine rings is 1. The quantitative estimate of drug-likeness (QED) is 0.485. The van der Waals surface area contributed by atoms with Gasteiger partial charge in [-0.1, -0.05) is 6.07 Å². The molecule has 1 saturated heterocycles. The number of benzene rings is 1. The average Bonchev–Trinajstić information content (AvgIpc) is 3.38. The summed E-state index contributed by atoms with van der Waals surface area (Å²) >= 11 is 0. The van der Waals surface area contributed by atoms with Crippen LogP contribution in [0.4, 0.5) is 19.0 Å². The molecule has 3 aromatic heterocycles. The maximum atomic E-state index is 12.8. The number of alkyl halides is 3. The van der Waals surface area contributed by atoms with Crippen molar-refractivity contribution in [2.45, 2.75) is 25.7 Å². The van der Waals surface area contributed by atoms with E-state index in [1.165, 1.54) is 6.07 Å². The van der Waals surface area contributed by atoms with Crippen molar-refractivity contribution >= 4 is 16.9 Å². The zero-order chi connectivity index (χ0) is 23.2. The highest BCUT2D eigenvalue weighted by Crippen LogP contribution is 2.30. The van der Waals surface area contributed by atoms with Gasteiger partial charge in [0.25, 0.3) is 0 Å². The van der Waals surface area contributed by atoms with Gasteiger partial charge in [0.2, 0.25) is 0 Å². The lowest BCUT2D eigenvalue weighted by Crippen LogP contribution is -2.51. The summed E-state index contributed by atoms with van der Waals surface area (Å²) in [5.41, 5.74) is 2.96. The Labute approximate surface area is 186 Å². The second-order valence-corrected chi connectivity index (χ2v) is 8.16. The van der Waals surface area contributed by atoms with Crippen molar-refractivity contribution in [2.75, 3.05) is 24.5 Å². The molecule has 0 spiro atoms. The van der Waals surface area contributed by atoms with Crippen molar-refractivity contribution in [3.63, 3.8) is 0 Å². The first-order valence-corrected chi connectivity index (χ1v) is 10.5. The second-order valence-electron chi connectivity index (χ2n) is 8.16. The van der Waals surface area contributed by atoms with Crippen LogP contribution in [0.25, 0.3) is 22.4 Å². The molecule has 0 radical (unpaired) electrons. The van der Waals surface area contributed by atoms with Crippen LogP contribution in [0, 0.1) is 0 Å². The molecular formula is C22H21F3N6O2. The van der Waals surface area contributed by atoms with Gasteiger partial charge in [0, 0.05) is 55.7 Å². The third-order valence-electron chi connectivity index (χ3n) is 5.89. The van der Waals surface area contributed by atoms with Crippen LogP contribution in [0.5, 0.6) is 0 Å². The Morgan fingerprint density at radius 1 is 1.21 bits per heavy atom. The monoisotopic (exact) mass is 458 g/mol. The smallest absolute Gasteiger partial charge is 0.408 e. The van der Waals surface area contributed by atoms with Gasteiger partial charge in [-0.25, -0.2) is 9.78 Å². The van der Waals surface area contributed by atoms with Gasteiger partial charge >= 0.3 is 11.9 Å². The Morgan fingerprint density at radius 3 is 2.79 bits per heavy atom. The maximum absolute atomic E-state index is 12.8. The molecule has 0 saturated carbocycles. The molecule has 33 heavy (non-hydrogen) atoms. The van der Waals surface area contributed by atoms with Crippen LogP contribution < -0.4 is 10.7 Å². The van der Waals surface area contributed by atoms with Crippen LogP contribution in [0.15, 0.2) is 51.9 Å². The van der Waals surface area contributed by atoms with Crippen LogP contribution in [0.1, 0.15) is 18.1 Å². The fourth-order valence-electron chi connectivity index (χ4n) is 4.26. The van der Waals surface area contributed by atoms with Gasteiger partial charge in [-0.3, -0.25) is 15.0 Å². The molecular weight excluding hydrogens is 437 g/mol. The van der Waals surface area contributed by atoms with Crippen LogP contribution in [-0.2, 0) is 12.7 Å². The minimum Gasteiger partial charge on any atom is -0.408 e. The van der Waals surface area contributed by atoms with Gasteiger partial charge in [0.05, 0.1) is 16.8 Å².